The highest BCUT2D eigenvalue weighted by molar-refractivity contribution is 6.00. The lowest BCUT2D eigenvalue weighted by molar-refractivity contribution is -0.138. The predicted octanol–water partition coefficient (Wildman–Crippen LogP) is 4.36. The summed E-state index contributed by atoms with van der Waals surface area (Å²) >= 11 is 0. The van der Waals surface area contributed by atoms with Crippen LogP contribution in [-0.2, 0) is 15.7 Å². The Morgan fingerprint density at radius 1 is 1.19 bits per heavy atom. The third-order valence-electron chi connectivity index (χ3n) is 5.80. The average Bonchev–Trinajstić information content (AvgIpc) is 2.84. The molecule has 0 amide bonds. The van der Waals surface area contributed by atoms with Crippen molar-refractivity contribution in [3.63, 3.8) is 0 Å². The minimum Gasteiger partial charge on any atom is -0.467 e. The van der Waals surface area contributed by atoms with E-state index in [1.54, 1.807) is 6.07 Å². The molecule has 1 fully saturated rings. The second kappa shape index (κ2) is 11.0. The van der Waals surface area contributed by atoms with E-state index in [-0.39, 0.29) is 23.9 Å². The molecule has 192 valence electrons. The van der Waals surface area contributed by atoms with Gasteiger partial charge in [0, 0.05) is 47.9 Å². The lowest BCUT2D eigenvalue weighted by Crippen LogP contribution is -2.43. The van der Waals surface area contributed by atoms with Gasteiger partial charge in [-0.2, -0.15) is 22.0 Å². The summed E-state index contributed by atoms with van der Waals surface area (Å²) in [5.74, 6) is -0.255. The minimum absolute atomic E-state index is 0.00216. The largest absolute Gasteiger partial charge is 0.467 e. The number of pyridine rings is 1. The number of benzene rings is 1. The highest BCUT2D eigenvalue weighted by Gasteiger charge is 2.32. The predicted molar refractivity (Wildman–Crippen MR) is 120 cm³/mol. The molecule has 13 heteroatoms. The van der Waals surface area contributed by atoms with E-state index in [0.29, 0.717) is 42.2 Å². The number of carbonyl (C=O) groups excluding carboxylic acids is 1. The van der Waals surface area contributed by atoms with E-state index in [0.717, 1.165) is 31.5 Å². The Morgan fingerprint density at radius 2 is 2.03 bits per heavy atom. The zero-order valence-electron chi connectivity index (χ0n) is 18.8. The van der Waals surface area contributed by atoms with Crippen LogP contribution in [0.3, 0.4) is 0 Å². The van der Waals surface area contributed by atoms with Crippen LogP contribution in [-0.4, -0.2) is 65.4 Å². The fourth-order valence-electron chi connectivity index (χ4n) is 4.19. The second-order valence-electron chi connectivity index (χ2n) is 8.16. The number of aromatic nitrogens is 3. The number of nitrogens with one attached hydrogen (secondary N) is 1. The molecule has 1 atom stereocenters. The molecule has 1 N–H and O–H groups in total. The molecule has 0 spiro atoms. The molecule has 3 heterocycles. The molecule has 0 radical (unpaired) electrons. The number of fused-ring (bicyclic) bond motifs is 1. The molecule has 2 aromatic heterocycles. The van der Waals surface area contributed by atoms with Gasteiger partial charge in [-0.3, -0.25) is 14.7 Å². The molecular formula is C23H22F5N5O3. The molecule has 0 aliphatic carbocycles. The molecule has 0 bridgehead atoms. The monoisotopic (exact) mass is 511 g/mol. The Kier molecular flexibility index (Phi) is 7.77. The van der Waals surface area contributed by atoms with Crippen LogP contribution in [0.2, 0.25) is 0 Å². The number of halogens is 5. The second-order valence-corrected chi connectivity index (χ2v) is 8.16. The lowest BCUT2D eigenvalue weighted by atomic mass is 10.0. The molecule has 1 aromatic carbocycles. The normalized spacial score (nSPS) is 16.8. The number of hydrogen-bond donors (Lipinski definition) is 1. The Hall–Kier alpha value is -3.61. The van der Waals surface area contributed by atoms with E-state index in [2.05, 4.69) is 30.1 Å². The van der Waals surface area contributed by atoms with Crippen LogP contribution in [0.5, 0.6) is 5.75 Å². The summed E-state index contributed by atoms with van der Waals surface area (Å²) in [6.45, 7) is -0.532. The van der Waals surface area contributed by atoms with Gasteiger partial charge < -0.3 is 14.8 Å². The van der Waals surface area contributed by atoms with Crippen LogP contribution < -0.4 is 10.1 Å². The summed E-state index contributed by atoms with van der Waals surface area (Å²) < 4.78 is 74.7. The van der Waals surface area contributed by atoms with Gasteiger partial charge in [-0.15, -0.1) is 10.2 Å². The third kappa shape index (κ3) is 5.96. The van der Waals surface area contributed by atoms with Gasteiger partial charge in [-0.05, 0) is 43.7 Å². The quantitative estimate of drug-likeness (QED) is 0.258. The molecule has 4 rings (SSSR count). The molecule has 1 aliphatic heterocycles. The van der Waals surface area contributed by atoms with Gasteiger partial charge in [-0.25, -0.2) is 0 Å². The first-order valence-electron chi connectivity index (χ1n) is 11.1. The Bertz CT molecular complexity index is 1210. The summed E-state index contributed by atoms with van der Waals surface area (Å²) in [5, 5.41) is 12.7. The smallest absolute Gasteiger partial charge is 0.416 e. The van der Waals surface area contributed by atoms with Crippen molar-refractivity contribution in [2.45, 2.75) is 31.7 Å². The molecule has 0 unspecified atom stereocenters. The van der Waals surface area contributed by atoms with Gasteiger partial charge in [0.05, 0.1) is 5.56 Å². The van der Waals surface area contributed by atoms with Crippen molar-refractivity contribution in [2.24, 2.45) is 0 Å². The molecule has 1 aliphatic rings. The maximum Gasteiger partial charge on any atom is 0.416 e. The van der Waals surface area contributed by atoms with Gasteiger partial charge in [0.2, 0.25) is 0 Å². The number of alkyl halides is 5. The summed E-state index contributed by atoms with van der Waals surface area (Å²) in [6, 6.07) is 3.92. The number of carbonyl (C=O) groups is 1. The SMILES string of the molecule is O=COCCN1CCC[C@@H](Nc2nnc(-c3ccc(C(F)(F)F)cc3OC(F)F)c3ccncc23)C1. The van der Waals surface area contributed by atoms with Gasteiger partial charge >= 0.3 is 12.8 Å². The van der Waals surface area contributed by atoms with E-state index in [1.165, 1.54) is 12.4 Å². The molecular weight excluding hydrogens is 489 g/mol. The van der Waals surface area contributed by atoms with E-state index in [4.69, 9.17) is 4.74 Å². The maximum atomic E-state index is 13.2. The summed E-state index contributed by atoms with van der Waals surface area (Å²) in [7, 11) is 0. The van der Waals surface area contributed by atoms with Crippen molar-refractivity contribution < 1.29 is 36.2 Å². The highest BCUT2D eigenvalue weighted by atomic mass is 19.4. The van der Waals surface area contributed by atoms with E-state index < -0.39 is 24.1 Å². The van der Waals surface area contributed by atoms with Crippen molar-refractivity contribution in [1.82, 2.24) is 20.1 Å². The zero-order chi connectivity index (χ0) is 25.7. The van der Waals surface area contributed by atoms with Crippen LogP contribution in [0, 0.1) is 0 Å². The number of rotatable bonds is 9. The van der Waals surface area contributed by atoms with Crippen molar-refractivity contribution in [2.75, 3.05) is 31.6 Å². The average molecular weight is 511 g/mol. The van der Waals surface area contributed by atoms with Crippen molar-refractivity contribution in [3.05, 3.63) is 42.2 Å². The summed E-state index contributed by atoms with van der Waals surface area (Å²) in [5.41, 5.74) is -1.10. The first-order valence-corrected chi connectivity index (χ1v) is 11.1. The zero-order valence-corrected chi connectivity index (χ0v) is 18.8. The number of anilines is 1. The topological polar surface area (TPSA) is 89.5 Å². The van der Waals surface area contributed by atoms with Crippen molar-refractivity contribution in [1.29, 1.82) is 0 Å². The number of likely N-dealkylation sites (tertiary alicyclic amines) is 1. The number of nitrogens with zero attached hydrogens (tertiary/aromatic N) is 4. The first-order chi connectivity index (χ1) is 17.3. The standard InChI is InChI=1S/C23H22F5N5O3/c24-22(25)36-19-10-14(23(26,27)28)3-4-17(19)20-16-5-6-29-11-18(16)21(32-31-20)30-15-2-1-7-33(12-15)8-9-35-13-34/h3-6,10-11,13,15,22H,1-2,7-9,12H2,(H,30,32)/t15-/m1/s1. The van der Waals surface area contributed by atoms with Crippen molar-refractivity contribution >= 4 is 23.1 Å². The van der Waals surface area contributed by atoms with Gasteiger partial charge in [-0.1, -0.05) is 0 Å². The van der Waals surface area contributed by atoms with E-state index in [9.17, 15) is 26.7 Å². The number of hydrogen-bond acceptors (Lipinski definition) is 8. The Morgan fingerprint density at radius 3 is 2.78 bits per heavy atom. The number of piperidine rings is 1. The van der Waals surface area contributed by atoms with Gasteiger partial charge in [0.15, 0.2) is 5.82 Å². The molecule has 36 heavy (non-hydrogen) atoms. The summed E-state index contributed by atoms with van der Waals surface area (Å²) in [4.78, 5) is 16.6. The van der Waals surface area contributed by atoms with Crippen LogP contribution >= 0.6 is 0 Å². The maximum absolute atomic E-state index is 13.2. The number of ether oxygens (including phenoxy) is 2. The Labute approximate surface area is 202 Å². The van der Waals surface area contributed by atoms with Crippen LogP contribution in [0.15, 0.2) is 36.7 Å². The van der Waals surface area contributed by atoms with E-state index in [1.807, 2.05) is 0 Å². The van der Waals surface area contributed by atoms with E-state index >= 15 is 0 Å². The van der Waals surface area contributed by atoms with Gasteiger partial charge in [0.25, 0.3) is 6.47 Å². The van der Waals surface area contributed by atoms with Crippen LogP contribution in [0.1, 0.15) is 18.4 Å². The fourth-order valence-corrected chi connectivity index (χ4v) is 4.19. The fraction of sp³-hybridized carbons (Fsp3) is 0.391. The summed E-state index contributed by atoms with van der Waals surface area (Å²) in [6.07, 6.45) is -0.00419. The molecule has 0 saturated carbocycles. The highest BCUT2D eigenvalue weighted by Crippen LogP contribution is 2.39. The first kappa shape index (κ1) is 25.5. The van der Waals surface area contributed by atoms with Gasteiger partial charge in [0.1, 0.15) is 18.1 Å². The van der Waals surface area contributed by atoms with Crippen LogP contribution in [0.4, 0.5) is 27.8 Å². The minimum atomic E-state index is -4.74. The molecule has 3 aromatic rings. The molecule has 1 saturated heterocycles. The Balaban J connectivity index is 1.66. The third-order valence-corrected chi connectivity index (χ3v) is 5.80. The van der Waals surface area contributed by atoms with Crippen molar-refractivity contribution in [3.8, 4) is 17.0 Å². The van der Waals surface area contributed by atoms with Crippen LogP contribution in [0.25, 0.3) is 22.0 Å². The lowest BCUT2D eigenvalue weighted by Gasteiger charge is -2.33. The molecule has 8 nitrogen and oxygen atoms in total.